The van der Waals surface area contributed by atoms with Crippen LogP contribution in [0.2, 0.25) is 5.02 Å². The van der Waals surface area contributed by atoms with Gasteiger partial charge < -0.3 is 4.74 Å². The van der Waals surface area contributed by atoms with Crippen molar-refractivity contribution in [2.24, 2.45) is 0 Å². The average molecular weight is 374 g/mol. The van der Waals surface area contributed by atoms with Crippen molar-refractivity contribution in [2.45, 2.75) is 26.4 Å². The van der Waals surface area contributed by atoms with E-state index in [2.05, 4.69) is 0 Å². The molecule has 2 aromatic carbocycles. The molecule has 26 heavy (non-hydrogen) atoms. The molecule has 0 atom stereocenters. The van der Waals surface area contributed by atoms with E-state index in [0.717, 1.165) is 11.0 Å². The monoisotopic (exact) mass is 373 g/mol. The predicted octanol–water partition coefficient (Wildman–Crippen LogP) is 5.30. The fraction of sp³-hybridized carbons (Fsp3) is 0.200. The quantitative estimate of drug-likeness (QED) is 0.637. The van der Waals surface area contributed by atoms with E-state index in [1.165, 1.54) is 12.1 Å². The Morgan fingerprint density at radius 2 is 1.92 bits per heavy atom. The highest BCUT2D eigenvalue weighted by atomic mass is 35.5. The van der Waals surface area contributed by atoms with Gasteiger partial charge in [-0.05, 0) is 62.7 Å². The summed E-state index contributed by atoms with van der Waals surface area (Å²) in [7, 11) is 0. The summed E-state index contributed by atoms with van der Waals surface area (Å²) < 4.78 is 19.0. The normalized spacial score (nSPS) is 15.3. The number of hydrogen-bond acceptors (Lipinski definition) is 3. The van der Waals surface area contributed by atoms with Crippen LogP contribution in [-0.2, 0) is 9.53 Å². The minimum absolute atomic E-state index is 0.164. The topological polar surface area (TPSA) is 46.6 Å². The highest BCUT2D eigenvalue weighted by Crippen LogP contribution is 2.39. The van der Waals surface area contributed by atoms with Crippen molar-refractivity contribution in [2.75, 3.05) is 4.90 Å². The van der Waals surface area contributed by atoms with Gasteiger partial charge >= 0.3 is 6.09 Å². The first kappa shape index (κ1) is 18.1. The fourth-order valence-corrected chi connectivity index (χ4v) is 2.85. The van der Waals surface area contributed by atoms with Crippen molar-refractivity contribution in [1.82, 2.24) is 0 Å². The van der Waals surface area contributed by atoms with Crippen LogP contribution >= 0.6 is 11.6 Å². The molecule has 1 aliphatic rings. The highest BCUT2D eigenvalue weighted by Gasteiger charge is 2.39. The van der Waals surface area contributed by atoms with Crippen molar-refractivity contribution in [3.8, 4) is 0 Å². The van der Waals surface area contributed by atoms with E-state index < -0.39 is 23.4 Å². The molecule has 1 heterocycles. The summed E-state index contributed by atoms with van der Waals surface area (Å²) in [5, 5.41) is 0.521. The Labute approximate surface area is 155 Å². The predicted molar refractivity (Wildman–Crippen MR) is 99.4 cm³/mol. The van der Waals surface area contributed by atoms with Gasteiger partial charge in [0.2, 0.25) is 0 Å². The summed E-state index contributed by atoms with van der Waals surface area (Å²) in [6.07, 6.45) is 0.777. The number of carbonyl (C=O) groups is 2. The van der Waals surface area contributed by atoms with Gasteiger partial charge in [-0.25, -0.2) is 14.1 Å². The molecule has 1 aliphatic heterocycles. The van der Waals surface area contributed by atoms with Crippen LogP contribution in [0.3, 0.4) is 0 Å². The fourth-order valence-electron chi connectivity index (χ4n) is 2.65. The summed E-state index contributed by atoms with van der Waals surface area (Å²) in [5.41, 5.74) is 0.805. The Morgan fingerprint density at radius 3 is 2.58 bits per heavy atom. The number of anilines is 1. The number of ether oxygens (including phenoxy) is 1. The molecule has 2 amide bonds. The molecule has 4 nitrogen and oxygen atoms in total. The van der Waals surface area contributed by atoms with Gasteiger partial charge in [-0.15, -0.1) is 0 Å². The number of imide groups is 1. The zero-order chi connectivity index (χ0) is 19.1. The SMILES string of the molecule is CC(C)(C)OC(=O)N1C(=O)/C(=C/c2cccc(Cl)c2)c2ccc(F)cc21. The largest absolute Gasteiger partial charge is 0.443 e. The molecule has 2 aromatic rings. The third kappa shape index (κ3) is 3.63. The van der Waals surface area contributed by atoms with E-state index in [0.29, 0.717) is 16.1 Å². The summed E-state index contributed by atoms with van der Waals surface area (Å²) in [4.78, 5) is 26.3. The van der Waals surface area contributed by atoms with Crippen molar-refractivity contribution >= 4 is 40.9 Å². The van der Waals surface area contributed by atoms with Gasteiger partial charge in [0.05, 0.1) is 11.3 Å². The Morgan fingerprint density at radius 1 is 1.19 bits per heavy atom. The van der Waals surface area contributed by atoms with Gasteiger partial charge in [0.15, 0.2) is 0 Å². The lowest BCUT2D eigenvalue weighted by Crippen LogP contribution is -2.38. The van der Waals surface area contributed by atoms with Crippen molar-refractivity contribution in [1.29, 1.82) is 0 Å². The lowest BCUT2D eigenvalue weighted by Gasteiger charge is -2.23. The number of benzene rings is 2. The van der Waals surface area contributed by atoms with E-state index in [1.54, 1.807) is 51.1 Å². The number of rotatable bonds is 1. The molecule has 0 unspecified atom stereocenters. The van der Waals surface area contributed by atoms with Crippen LogP contribution in [0.15, 0.2) is 42.5 Å². The molecule has 0 spiro atoms. The number of nitrogens with zero attached hydrogens (tertiary/aromatic N) is 1. The van der Waals surface area contributed by atoms with Gasteiger partial charge in [-0.1, -0.05) is 23.7 Å². The van der Waals surface area contributed by atoms with E-state index >= 15 is 0 Å². The zero-order valence-corrected chi connectivity index (χ0v) is 15.3. The van der Waals surface area contributed by atoms with Crippen molar-refractivity contribution in [3.63, 3.8) is 0 Å². The van der Waals surface area contributed by atoms with E-state index in [4.69, 9.17) is 16.3 Å². The molecule has 0 radical (unpaired) electrons. The summed E-state index contributed by atoms with van der Waals surface area (Å²) in [6, 6.07) is 10.8. The molecular weight excluding hydrogens is 357 g/mol. The molecule has 0 saturated heterocycles. The molecule has 0 aromatic heterocycles. The summed E-state index contributed by atoms with van der Waals surface area (Å²) in [6.45, 7) is 5.09. The summed E-state index contributed by atoms with van der Waals surface area (Å²) in [5.74, 6) is -1.12. The average Bonchev–Trinajstić information content (AvgIpc) is 2.77. The van der Waals surface area contributed by atoms with E-state index in [-0.39, 0.29) is 11.3 Å². The Hall–Kier alpha value is -2.66. The molecular formula is C20H17ClFNO3. The molecule has 6 heteroatoms. The second-order valence-corrected chi connectivity index (χ2v) is 7.33. The van der Waals surface area contributed by atoms with Gasteiger partial charge in [0.25, 0.3) is 5.91 Å². The van der Waals surface area contributed by atoms with Crippen LogP contribution in [-0.4, -0.2) is 17.6 Å². The maximum Gasteiger partial charge on any atom is 0.422 e. The van der Waals surface area contributed by atoms with Gasteiger partial charge in [0, 0.05) is 10.6 Å². The zero-order valence-electron chi connectivity index (χ0n) is 14.5. The molecule has 0 N–H and O–H groups in total. The lowest BCUT2D eigenvalue weighted by molar-refractivity contribution is -0.112. The third-order valence-electron chi connectivity index (χ3n) is 3.66. The van der Waals surface area contributed by atoms with Gasteiger partial charge in [-0.2, -0.15) is 0 Å². The first-order valence-corrected chi connectivity index (χ1v) is 8.38. The molecule has 0 aliphatic carbocycles. The molecule has 0 bridgehead atoms. The number of fused-ring (bicyclic) bond motifs is 1. The van der Waals surface area contributed by atoms with Crippen LogP contribution in [0.5, 0.6) is 0 Å². The third-order valence-corrected chi connectivity index (χ3v) is 3.90. The Balaban J connectivity index is 2.09. The second-order valence-electron chi connectivity index (χ2n) is 6.90. The number of carbonyl (C=O) groups excluding carboxylic acids is 2. The van der Waals surface area contributed by atoms with Crippen molar-refractivity contribution in [3.05, 3.63) is 64.4 Å². The first-order chi connectivity index (χ1) is 12.2. The van der Waals surface area contributed by atoms with E-state index in [1.807, 2.05) is 0 Å². The van der Waals surface area contributed by atoms with Crippen molar-refractivity contribution < 1.29 is 18.7 Å². The van der Waals surface area contributed by atoms with Crippen LogP contribution in [0.1, 0.15) is 31.9 Å². The first-order valence-electron chi connectivity index (χ1n) is 8.00. The van der Waals surface area contributed by atoms with Gasteiger partial charge in [0.1, 0.15) is 11.4 Å². The minimum Gasteiger partial charge on any atom is -0.443 e. The molecule has 0 saturated carbocycles. The number of amides is 2. The smallest absolute Gasteiger partial charge is 0.422 e. The maximum absolute atomic E-state index is 13.7. The second kappa shape index (κ2) is 6.57. The van der Waals surface area contributed by atoms with Crippen LogP contribution < -0.4 is 4.90 Å². The highest BCUT2D eigenvalue weighted by molar-refractivity contribution is 6.41. The van der Waals surface area contributed by atoms with Crippen LogP contribution in [0, 0.1) is 5.82 Å². The van der Waals surface area contributed by atoms with Gasteiger partial charge in [-0.3, -0.25) is 4.79 Å². The Kier molecular flexibility index (Phi) is 4.59. The van der Waals surface area contributed by atoms with E-state index in [9.17, 15) is 14.0 Å². The minimum atomic E-state index is -0.844. The molecule has 3 rings (SSSR count). The number of hydrogen-bond donors (Lipinski definition) is 0. The standard InChI is InChI=1S/C20H17ClFNO3/c1-20(2,3)26-19(25)23-17-11-14(22)7-8-15(17)16(18(23)24)10-12-5-4-6-13(21)9-12/h4-11H,1-3H3/b16-10+. The van der Waals surface area contributed by atoms with Crippen LogP contribution in [0.4, 0.5) is 14.9 Å². The molecule has 0 fully saturated rings. The molecule has 134 valence electrons. The number of halogens is 2. The van der Waals surface area contributed by atoms with Crippen LogP contribution in [0.25, 0.3) is 11.6 Å². The lowest BCUT2D eigenvalue weighted by atomic mass is 10.0. The summed E-state index contributed by atoms with van der Waals surface area (Å²) >= 11 is 5.99. The maximum atomic E-state index is 13.7. The Bertz CT molecular complexity index is 931.